The van der Waals surface area contributed by atoms with E-state index < -0.39 is 0 Å². The molecule has 0 bridgehead atoms. The van der Waals surface area contributed by atoms with Crippen molar-refractivity contribution in [3.05, 3.63) is 17.8 Å². The molecule has 0 spiro atoms. The molecule has 0 saturated carbocycles. The molecule has 2 rings (SSSR count). The Morgan fingerprint density at radius 2 is 2.38 bits per heavy atom. The summed E-state index contributed by atoms with van der Waals surface area (Å²) in [5.41, 5.74) is 1.85. The molecule has 16 heavy (non-hydrogen) atoms. The number of aryl methyl sites for hydroxylation is 1. The van der Waals surface area contributed by atoms with Crippen molar-refractivity contribution >= 4 is 17.4 Å². The van der Waals surface area contributed by atoms with Gasteiger partial charge in [-0.05, 0) is 25.0 Å². The fraction of sp³-hybridized carbons (Fsp3) is 0.500. The summed E-state index contributed by atoms with van der Waals surface area (Å²) in [6.07, 6.45) is 4.38. The smallest absolute Gasteiger partial charge is 0.226 e. The lowest BCUT2D eigenvalue weighted by molar-refractivity contribution is -0.116. The van der Waals surface area contributed by atoms with E-state index in [4.69, 9.17) is 0 Å². The summed E-state index contributed by atoms with van der Waals surface area (Å²) in [6, 6.07) is 2.14. The SMILES string of the molecule is CCCC1CC(=O)Nc2cc(C)cnc2N1. The van der Waals surface area contributed by atoms with Gasteiger partial charge in [-0.25, -0.2) is 4.98 Å². The van der Waals surface area contributed by atoms with Gasteiger partial charge in [0.1, 0.15) is 5.82 Å². The first-order chi connectivity index (χ1) is 7.69. The Kier molecular flexibility index (Phi) is 3.08. The number of pyridine rings is 1. The summed E-state index contributed by atoms with van der Waals surface area (Å²) in [6.45, 7) is 4.09. The van der Waals surface area contributed by atoms with Crippen molar-refractivity contribution in [1.82, 2.24) is 4.98 Å². The van der Waals surface area contributed by atoms with Crippen LogP contribution < -0.4 is 10.6 Å². The number of nitrogens with zero attached hydrogens (tertiary/aromatic N) is 1. The number of hydrogen-bond donors (Lipinski definition) is 2. The average molecular weight is 219 g/mol. The van der Waals surface area contributed by atoms with Gasteiger partial charge in [-0.2, -0.15) is 0 Å². The van der Waals surface area contributed by atoms with Gasteiger partial charge >= 0.3 is 0 Å². The second kappa shape index (κ2) is 4.51. The van der Waals surface area contributed by atoms with Crippen LogP contribution >= 0.6 is 0 Å². The van der Waals surface area contributed by atoms with Gasteiger partial charge in [-0.3, -0.25) is 4.79 Å². The fourth-order valence-electron chi connectivity index (χ4n) is 1.97. The van der Waals surface area contributed by atoms with E-state index in [2.05, 4.69) is 22.5 Å². The molecular weight excluding hydrogens is 202 g/mol. The zero-order valence-electron chi connectivity index (χ0n) is 9.71. The molecule has 2 N–H and O–H groups in total. The number of nitrogens with one attached hydrogen (secondary N) is 2. The first-order valence-electron chi connectivity index (χ1n) is 5.72. The summed E-state index contributed by atoms with van der Waals surface area (Å²) >= 11 is 0. The minimum absolute atomic E-state index is 0.0668. The monoisotopic (exact) mass is 219 g/mol. The second-order valence-corrected chi connectivity index (χ2v) is 4.29. The predicted molar refractivity (Wildman–Crippen MR) is 64.5 cm³/mol. The maximum absolute atomic E-state index is 11.7. The number of fused-ring (bicyclic) bond motifs is 1. The van der Waals surface area contributed by atoms with Crippen molar-refractivity contribution in [3.63, 3.8) is 0 Å². The predicted octanol–water partition coefficient (Wildman–Crippen LogP) is 2.31. The molecule has 1 aromatic rings. The van der Waals surface area contributed by atoms with E-state index >= 15 is 0 Å². The van der Waals surface area contributed by atoms with E-state index in [1.165, 1.54) is 0 Å². The Labute approximate surface area is 95.5 Å². The van der Waals surface area contributed by atoms with Crippen LogP contribution in [0.25, 0.3) is 0 Å². The van der Waals surface area contributed by atoms with Crippen molar-refractivity contribution in [2.45, 2.75) is 39.2 Å². The van der Waals surface area contributed by atoms with Crippen LogP contribution in [0.1, 0.15) is 31.7 Å². The standard InChI is InChI=1S/C12H17N3O/c1-3-4-9-6-11(16)15-10-5-8(2)7-13-12(10)14-9/h5,7,9H,3-4,6H2,1-2H3,(H,13,14)(H,15,16). The molecule has 0 aromatic carbocycles. The summed E-state index contributed by atoms with van der Waals surface area (Å²) in [4.78, 5) is 16.0. The van der Waals surface area contributed by atoms with E-state index in [1.54, 1.807) is 0 Å². The molecule has 0 aliphatic carbocycles. The van der Waals surface area contributed by atoms with Gasteiger partial charge in [0.05, 0.1) is 5.69 Å². The Hall–Kier alpha value is -1.58. The number of carbonyl (C=O) groups is 1. The average Bonchev–Trinajstić information content (AvgIpc) is 2.36. The van der Waals surface area contributed by atoms with Crippen LogP contribution in [-0.4, -0.2) is 16.9 Å². The van der Waals surface area contributed by atoms with Crippen LogP contribution in [0.4, 0.5) is 11.5 Å². The molecule has 2 heterocycles. The fourth-order valence-corrected chi connectivity index (χ4v) is 1.97. The number of hydrogen-bond acceptors (Lipinski definition) is 3. The summed E-state index contributed by atoms with van der Waals surface area (Å²) in [7, 11) is 0. The van der Waals surface area contributed by atoms with Crippen LogP contribution in [0.15, 0.2) is 12.3 Å². The summed E-state index contributed by atoms with van der Waals surface area (Å²) in [5, 5.41) is 6.21. The first kappa shape index (κ1) is 10.9. The molecule has 4 nitrogen and oxygen atoms in total. The van der Waals surface area contributed by atoms with Crippen molar-refractivity contribution in [2.24, 2.45) is 0 Å². The number of anilines is 2. The van der Waals surface area contributed by atoms with Crippen LogP contribution in [0, 0.1) is 6.92 Å². The van der Waals surface area contributed by atoms with Crippen LogP contribution in [-0.2, 0) is 4.79 Å². The highest BCUT2D eigenvalue weighted by molar-refractivity contribution is 5.95. The van der Waals surface area contributed by atoms with Crippen molar-refractivity contribution < 1.29 is 4.79 Å². The number of amides is 1. The molecule has 1 amide bonds. The molecule has 86 valence electrons. The van der Waals surface area contributed by atoms with E-state index in [0.717, 1.165) is 29.9 Å². The summed E-state index contributed by atoms with van der Waals surface area (Å²) < 4.78 is 0. The first-order valence-corrected chi connectivity index (χ1v) is 5.72. The number of rotatable bonds is 2. The second-order valence-electron chi connectivity index (χ2n) is 4.29. The largest absolute Gasteiger partial charge is 0.365 e. The van der Waals surface area contributed by atoms with Gasteiger partial charge in [0.2, 0.25) is 5.91 Å². The molecule has 1 aliphatic rings. The Bertz CT molecular complexity index is 403. The maximum atomic E-state index is 11.7. The molecule has 0 saturated heterocycles. The van der Waals surface area contributed by atoms with Crippen molar-refractivity contribution in [3.8, 4) is 0 Å². The third-order valence-electron chi connectivity index (χ3n) is 2.71. The number of aromatic nitrogens is 1. The van der Waals surface area contributed by atoms with Gasteiger partial charge in [-0.1, -0.05) is 13.3 Å². The third kappa shape index (κ3) is 2.32. The lowest BCUT2D eigenvalue weighted by Gasteiger charge is -2.14. The molecule has 0 fully saturated rings. The van der Waals surface area contributed by atoms with Crippen molar-refractivity contribution in [2.75, 3.05) is 10.6 Å². The summed E-state index contributed by atoms with van der Waals surface area (Å²) in [5.74, 6) is 0.854. The third-order valence-corrected chi connectivity index (χ3v) is 2.71. The molecule has 1 unspecified atom stereocenters. The minimum atomic E-state index is 0.0668. The highest BCUT2D eigenvalue weighted by Crippen LogP contribution is 2.25. The molecular formula is C12H17N3O. The lowest BCUT2D eigenvalue weighted by atomic mass is 10.1. The molecule has 1 aliphatic heterocycles. The van der Waals surface area contributed by atoms with E-state index in [1.807, 2.05) is 19.2 Å². The van der Waals surface area contributed by atoms with Crippen LogP contribution in [0.3, 0.4) is 0 Å². The van der Waals surface area contributed by atoms with Crippen molar-refractivity contribution in [1.29, 1.82) is 0 Å². The van der Waals surface area contributed by atoms with E-state index in [0.29, 0.717) is 6.42 Å². The molecule has 0 radical (unpaired) electrons. The normalized spacial score (nSPS) is 19.4. The van der Waals surface area contributed by atoms with Gasteiger partial charge < -0.3 is 10.6 Å². The zero-order valence-corrected chi connectivity index (χ0v) is 9.71. The van der Waals surface area contributed by atoms with E-state index in [9.17, 15) is 4.79 Å². The quantitative estimate of drug-likeness (QED) is 0.802. The van der Waals surface area contributed by atoms with Gasteiger partial charge in [-0.15, -0.1) is 0 Å². The Morgan fingerprint density at radius 1 is 1.56 bits per heavy atom. The molecule has 1 atom stereocenters. The number of carbonyl (C=O) groups excluding carboxylic acids is 1. The maximum Gasteiger partial charge on any atom is 0.226 e. The van der Waals surface area contributed by atoms with Gasteiger partial charge in [0.25, 0.3) is 0 Å². The highest BCUT2D eigenvalue weighted by atomic mass is 16.1. The Balaban J connectivity index is 2.28. The topological polar surface area (TPSA) is 54.0 Å². The lowest BCUT2D eigenvalue weighted by Crippen LogP contribution is -2.22. The molecule has 4 heteroatoms. The minimum Gasteiger partial charge on any atom is -0.365 e. The Morgan fingerprint density at radius 3 is 3.12 bits per heavy atom. The van der Waals surface area contributed by atoms with Crippen LogP contribution in [0.5, 0.6) is 0 Å². The van der Waals surface area contributed by atoms with Crippen LogP contribution in [0.2, 0.25) is 0 Å². The molecule has 1 aromatic heterocycles. The van der Waals surface area contributed by atoms with E-state index in [-0.39, 0.29) is 11.9 Å². The highest BCUT2D eigenvalue weighted by Gasteiger charge is 2.20. The zero-order chi connectivity index (χ0) is 11.5. The van der Waals surface area contributed by atoms with Gasteiger partial charge in [0, 0.05) is 18.7 Å². The van der Waals surface area contributed by atoms with Gasteiger partial charge in [0.15, 0.2) is 0 Å².